The van der Waals surface area contributed by atoms with E-state index in [1.54, 1.807) is 6.08 Å². The van der Waals surface area contributed by atoms with Crippen LogP contribution in [0.15, 0.2) is 35.9 Å². The third-order valence-corrected chi connectivity index (χ3v) is 4.62. The van der Waals surface area contributed by atoms with Crippen molar-refractivity contribution in [2.24, 2.45) is 5.41 Å². The molecule has 1 aromatic heterocycles. The van der Waals surface area contributed by atoms with E-state index >= 15 is 0 Å². The van der Waals surface area contributed by atoms with Crippen molar-refractivity contribution >= 4 is 34.5 Å². The van der Waals surface area contributed by atoms with Crippen molar-refractivity contribution in [3.8, 4) is 11.8 Å². The summed E-state index contributed by atoms with van der Waals surface area (Å²) in [6.07, 6.45) is 1.71. The number of benzene rings is 1. The minimum atomic E-state index is -0.566. The fourth-order valence-corrected chi connectivity index (χ4v) is 2.99. The van der Waals surface area contributed by atoms with Gasteiger partial charge in [0, 0.05) is 26.1 Å². The minimum Gasteiger partial charge on any atom is -0.318 e. The van der Waals surface area contributed by atoms with Gasteiger partial charge in [-0.15, -0.1) is 0 Å². The van der Waals surface area contributed by atoms with Gasteiger partial charge in [-0.05, 0) is 78.4 Å². The number of halogens is 1. The lowest BCUT2D eigenvalue weighted by Gasteiger charge is -2.15. The van der Waals surface area contributed by atoms with Gasteiger partial charge in [0.05, 0.1) is 5.57 Å². The summed E-state index contributed by atoms with van der Waals surface area (Å²) in [7, 11) is 0. The first-order chi connectivity index (χ1) is 11.1. The Balaban J connectivity index is 2.52. The summed E-state index contributed by atoms with van der Waals surface area (Å²) < 4.78 is 3.32. The van der Waals surface area contributed by atoms with Crippen molar-refractivity contribution < 1.29 is 4.79 Å². The van der Waals surface area contributed by atoms with Gasteiger partial charge in [-0.1, -0.05) is 20.8 Å². The number of aromatic nitrogens is 1. The molecule has 0 fully saturated rings. The number of rotatable bonds is 3. The van der Waals surface area contributed by atoms with Crippen molar-refractivity contribution in [3.05, 3.63) is 56.4 Å². The molecule has 0 bridgehead atoms. The van der Waals surface area contributed by atoms with E-state index < -0.39 is 5.41 Å². The summed E-state index contributed by atoms with van der Waals surface area (Å²) in [4.78, 5) is 12.4. The predicted octanol–water partition coefficient (Wildman–Crippen LogP) is 5.22. The highest BCUT2D eigenvalue weighted by Crippen LogP contribution is 2.26. The number of carbonyl (C=O) groups excluding carboxylic acids is 1. The second-order valence-corrected chi connectivity index (χ2v) is 8.13. The van der Waals surface area contributed by atoms with E-state index in [1.165, 1.54) is 3.57 Å². The quantitative estimate of drug-likeness (QED) is 0.379. The molecule has 0 saturated carbocycles. The first-order valence-electron chi connectivity index (χ1n) is 7.76. The molecule has 0 N–H and O–H groups in total. The van der Waals surface area contributed by atoms with E-state index in [2.05, 4.69) is 57.5 Å². The van der Waals surface area contributed by atoms with Crippen LogP contribution in [0.2, 0.25) is 0 Å². The van der Waals surface area contributed by atoms with Crippen LogP contribution in [0.4, 0.5) is 0 Å². The molecule has 0 aliphatic rings. The van der Waals surface area contributed by atoms with E-state index in [0.717, 1.165) is 22.6 Å². The minimum absolute atomic E-state index is 0.135. The van der Waals surface area contributed by atoms with Gasteiger partial charge in [0.15, 0.2) is 5.78 Å². The summed E-state index contributed by atoms with van der Waals surface area (Å²) in [5.74, 6) is -0.135. The van der Waals surface area contributed by atoms with Gasteiger partial charge in [-0.25, -0.2) is 0 Å². The van der Waals surface area contributed by atoms with Gasteiger partial charge in [-0.2, -0.15) is 5.26 Å². The van der Waals surface area contributed by atoms with Crippen molar-refractivity contribution in [2.45, 2.75) is 34.6 Å². The van der Waals surface area contributed by atoms with Crippen molar-refractivity contribution in [1.29, 1.82) is 5.26 Å². The maximum atomic E-state index is 12.4. The fraction of sp³-hybridized carbons (Fsp3) is 0.300. The molecule has 0 aliphatic heterocycles. The predicted molar refractivity (Wildman–Crippen MR) is 106 cm³/mol. The van der Waals surface area contributed by atoms with Crippen molar-refractivity contribution in [1.82, 2.24) is 4.57 Å². The Morgan fingerprint density at radius 1 is 1.21 bits per heavy atom. The molecule has 0 aliphatic carbocycles. The van der Waals surface area contributed by atoms with Crippen LogP contribution in [0.5, 0.6) is 0 Å². The van der Waals surface area contributed by atoms with Crippen LogP contribution in [0.25, 0.3) is 11.8 Å². The summed E-state index contributed by atoms with van der Waals surface area (Å²) >= 11 is 2.28. The first kappa shape index (κ1) is 18.5. The Hall–Kier alpha value is -1.87. The van der Waals surface area contributed by atoms with Gasteiger partial charge in [-0.3, -0.25) is 4.79 Å². The lowest BCUT2D eigenvalue weighted by Crippen LogP contribution is -2.21. The van der Waals surface area contributed by atoms with Crippen LogP contribution in [0.3, 0.4) is 0 Å². The van der Waals surface area contributed by atoms with Crippen molar-refractivity contribution in [3.63, 3.8) is 0 Å². The Bertz CT molecular complexity index is 843. The second kappa shape index (κ2) is 6.94. The molecule has 2 aromatic rings. The molecule has 1 aromatic carbocycles. The molecule has 24 heavy (non-hydrogen) atoms. The number of hydrogen-bond acceptors (Lipinski definition) is 2. The second-order valence-electron chi connectivity index (χ2n) is 6.89. The smallest absolute Gasteiger partial charge is 0.178 e. The molecule has 3 nitrogen and oxygen atoms in total. The van der Waals surface area contributed by atoms with Crippen LogP contribution < -0.4 is 0 Å². The fourth-order valence-electron chi connectivity index (χ4n) is 2.63. The number of ketones is 1. The molecule has 2 rings (SSSR count). The molecule has 0 radical (unpaired) electrons. The lowest BCUT2D eigenvalue weighted by atomic mass is 9.86. The topological polar surface area (TPSA) is 45.8 Å². The van der Waals surface area contributed by atoms with E-state index in [0.29, 0.717) is 0 Å². The number of hydrogen-bond donors (Lipinski definition) is 0. The number of allylic oxidation sites excluding steroid dienone is 1. The zero-order chi connectivity index (χ0) is 18.1. The molecular weight excluding hydrogens is 411 g/mol. The normalized spacial score (nSPS) is 12.1. The van der Waals surface area contributed by atoms with Crippen LogP contribution in [-0.4, -0.2) is 10.4 Å². The summed E-state index contributed by atoms with van der Waals surface area (Å²) in [6.45, 7) is 9.52. The first-order valence-corrected chi connectivity index (χ1v) is 8.84. The molecule has 0 spiro atoms. The Morgan fingerprint density at radius 2 is 1.79 bits per heavy atom. The van der Waals surface area contributed by atoms with Gasteiger partial charge in [0.1, 0.15) is 6.07 Å². The van der Waals surface area contributed by atoms with Crippen LogP contribution >= 0.6 is 22.6 Å². The molecule has 4 heteroatoms. The molecular formula is C20H21IN2O. The standard InChI is InChI=1S/C20H21IN2O/c1-13-10-15(11-16(12-22)19(24)20(3,4)5)14(2)23(13)18-8-6-17(21)7-9-18/h6-11H,1-5H3. The highest BCUT2D eigenvalue weighted by molar-refractivity contribution is 14.1. The molecule has 0 atom stereocenters. The van der Waals surface area contributed by atoms with E-state index in [-0.39, 0.29) is 11.4 Å². The number of nitrogens with zero attached hydrogens (tertiary/aromatic N) is 2. The molecule has 1 heterocycles. The third-order valence-electron chi connectivity index (χ3n) is 3.90. The largest absolute Gasteiger partial charge is 0.318 e. The summed E-state index contributed by atoms with van der Waals surface area (Å²) in [5.41, 5.74) is 3.70. The number of nitriles is 1. The van der Waals surface area contributed by atoms with Crippen LogP contribution in [-0.2, 0) is 4.79 Å². The molecule has 0 amide bonds. The van der Waals surface area contributed by atoms with Crippen molar-refractivity contribution in [2.75, 3.05) is 0 Å². The highest BCUT2D eigenvalue weighted by atomic mass is 127. The van der Waals surface area contributed by atoms with E-state index in [4.69, 9.17) is 0 Å². The zero-order valence-corrected chi connectivity index (χ0v) is 16.8. The molecule has 0 saturated heterocycles. The molecule has 124 valence electrons. The summed E-state index contributed by atoms with van der Waals surface area (Å²) in [5, 5.41) is 9.39. The zero-order valence-electron chi connectivity index (χ0n) is 14.6. The Morgan fingerprint density at radius 3 is 2.29 bits per heavy atom. The maximum absolute atomic E-state index is 12.4. The maximum Gasteiger partial charge on any atom is 0.178 e. The molecule has 0 unspecified atom stereocenters. The lowest BCUT2D eigenvalue weighted by molar-refractivity contribution is -0.121. The average Bonchev–Trinajstić information content (AvgIpc) is 2.78. The number of aryl methyl sites for hydroxylation is 1. The van der Waals surface area contributed by atoms with E-state index in [9.17, 15) is 10.1 Å². The van der Waals surface area contributed by atoms with E-state index in [1.807, 2.05) is 40.7 Å². The summed E-state index contributed by atoms with van der Waals surface area (Å²) in [6, 6.07) is 12.3. The van der Waals surface area contributed by atoms with Gasteiger partial charge < -0.3 is 4.57 Å². The Kier molecular flexibility index (Phi) is 5.34. The average molecular weight is 432 g/mol. The SMILES string of the molecule is Cc1cc(C=C(C#N)C(=O)C(C)(C)C)c(C)n1-c1ccc(I)cc1. The number of Topliss-reactive ketones (excluding diaryl/α,β-unsaturated/α-hetero) is 1. The van der Waals surface area contributed by atoms with Gasteiger partial charge >= 0.3 is 0 Å². The van der Waals surface area contributed by atoms with Gasteiger partial charge in [0.2, 0.25) is 0 Å². The Labute approximate surface area is 157 Å². The van der Waals surface area contributed by atoms with Crippen LogP contribution in [0.1, 0.15) is 37.7 Å². The third kappa shape index (κ3) is 3.78. The number of carbonyl (C=O) groups is 1. The van der Waals surface area contributed by atoms with Gasteiger partial charge in [0.25, 0.3) is 0 Å². The monoisotopic (exact) mass is 432 g/mol. The van der Waals surface area contributed by atoms with Crippen LogP contribution in [0, 0.1) is 34.2 Å². The highest BCUT2D eigenvalue weighted by Gasteiger charge is 2.25.